The molecule has 1 N–H and O–H groups in total. The smallest absolute Gasteiger partial charge is 0.174 e. The van der Waals surface area contributed by atoms with Gasteiger partial charge < -0.3 is 29.2 Å². The number of benzene rings is 2. The van der Waals surface area contributed by atoms with E-state index in [4.69, 9.17) is 26.7 Å². The fourth-order valence-electron chi connectivity index (χ4n) is 5.19. The quantitative estimate of drug-likeness (QED) is 0.370. The minimum absolute atomic E-state index is 0.103. The molecule has 2 aromatic carbocycles. The largest absolute Gasteiger partial charge is 0.497 e. The zero-order valence-electron chi connectivity index (χ0n) is 20.7. The summed E-state index contributed by atoms with van der Waals surface area (Å²) in [7, 11) is 1.68. The van der Waals surface area contributed by atoms with Gasteiger partial charge in [-0.2, -0.15) is 0 Å². The van der Waals surface area contributed by atoms with E-state index in [0.29, 0.717) is 5.11 Å². The molecule has 0 unspecified atom stereocenters. The van der Waals surface area contributed by atoms with E-state index in [1.165, 1.54) is 5.69 Å². The highest BCUT2D eigenvalue weighted by atomic mass is 32.1. The number of rotatable bonds is 6. The molecule has 0 aliphatic carbocycles. The number of morpholine rings is 1. The number of anilines is 2. The number of thiocarbonyl (C=S) groups is 1. The Labute approximate surface area is 222 Å². The summed E-state index contributed by atoms with van der Waals surface area (Å²) in [6, 6.07) is 26.8. The van der Waals surface area contributed by atoms with Gasteiger partial charge in [-0.15, -0.1) is 0 Å². The molecule has 6 rings (SSSR count). The van der Waals surface area contributed by atoms with Crippen molar-refractivity contribution in [1.82, 2.24) is 14.9 Å². The van der Waals surface area contributed by atoms with Crippen LogP contribution in [0.4, 0.5) is 11.4 Å². The standard InChI is InChI=1S/C29H29N5O2S/c1-35-24-13-11-22(12-14-24)33-16-4-6-26(33)28-27(25-5-2-3-15-30-25)31-29(37)34(28)23-9-7-21(8-10-23)32-17-19-36-20-18-32/h2-16,27-28H,17-20H2,1H3,(H,31,37)/t27-,28+/m1/s1. The first-order valence-electron chi connectivity index (χ1n) is 12.5. The van der Waals surface area contributed by atoms with Crippen LogP contribution < -0.4 is 19.9 Å². The third-order valence-corrected chi connectivity index (χ3v) is 7.35. The maximum absolute atomic E-state index is 5.94. The van der Waals surface area contributed by atoms with Gasteiger partial charge in [-0.25, -0.2) is 0 Å². The summed E-state index contributed by atoms with van der Waals surface area (Å²) in [5, 5.41) is 4.25. The summed E-state index contributed by atoms with van der Waals surface area (Å²) in [5.74, 6) is 0.828. The Hall–Kier alpha value is -3.88. The van der Waals surface area contributed by atoms with E-state index in [9.17, 15) is 0 Å². The van der Waals surface area contributed by atoms with Crippen LogP contribution >= 0.6 is 12.2 Å². The molecule has 2 atom stereocenters. The zero-order valence-corrected chi connectivity index (χ0v) is 21.5. The highest BCUT2D eigenvalue weighted by molar-refractivity contribution is 7.80. The fraction of sp³-hybridized carbons (Fsp3) is 0.241. The monoisotopic (exact) mass is 511 g/mol. The lowest BCUT2D eigenvalue weighted by atomic mass is 10.0. The molecule has 0 saturated carbocycles. The maximum atomic E-state index is 5.94. The van der Waals surface area contributed by atoms with E-state index < -0.39 is 0 Å². The van der Waals surface area contributed by atoms with E-state index in [0.717, 1.165) is 54.8 Å². The molecule has 0 radical (unpaired) electrons. The van der Waals surface area contributed by atoms with Crippen LogP contribution in [0.2, 0.25) is 0 Å². The second kappa shape index (κ2) is 10.2. The molecule has 2 fully saturated rings. The molecule has 0 amide bonds. The van der Waals surface area contributed by atoms with Crippen LogP contribution in [-0.2, 0) is 4.74 Å². The van der Waals surface area contributed by atoms with Gasteiger partial charge in [-0.3, -0.25) is 4.98 Å². The number of nitrogens with zero attached hydrogens (tertiary/aromatic N) is 4. The van der Waals surface area contributed by atoms with E-state index in [1.807, 2.05) is 30.5 Å². The fourth-order valence-corrected chi connectivity index (χ4v) is 5.54. The summed E-state index contributed by atoms with van der Waals surface area (Å²) in [4.78, 5) is 9.26. The molecule has 2 aliphatic heterocycles. The Bertz CT molecular complexity index is 1350. The van der Waals surface area contributed by atoms with Crippen LogP contribution in [0.5, 0.6) is 5.75 Å². The Morgan fingerprint density at radius 1 is 0.892 bits per heavy atom. The van der Waals surface area contributed by atoms with Crippen molar-refractivity contribution in [3.05, 3.63) is 103 Å². The van der Waals surface area contributed by atoms with Crippen molar-refractivity contribution in [1.29, 1.82) is 0 Å². The second-order valence-electron chi connectivity index (χ2n) is 9.11. The first-order chi connectivity index (χ1) is 18.2. The predicted octanol–water partition coefficient (Wildman–Crippen LogP) is 4.89. The van der Waals surface area contributed by atoms with Crippen LogP contribution in [0.25, 0.3) is 5.69 Å². The Morgan fingerprint density at radius 3 is 2.32 bits per heavy atom. The topological polar surface area (TPSA) is 54.8 Å². The molecule has 4 heterocycles. The molecule has 0 spiro atoms. The average molecular weight is 512 g/mol. The van der Waals surface area contributed by atoms with Crippen molar-refractivity contribution in [2.45, 2.75) is 12.1 Å². The van der Waals surface area contributed by atoms with Crippen molar-refractivity contribution >= 4 is 28.7 Å². The number of hydrogen-bond acceptors (Lipinski definition) is 5. The first kappa shape index (κ1) is 23.5. The van der Waals surface area contributed by atoms with Crippen LogP contribution in [0.15, 0.2) is 91.3 Å². The molecular weight excluding hydrogens is 482 g/mol. The highest BCUT2D eigenvalue weighted by Gasteiger charge is 2.42. The van der Waals surface area contributed by atoms with E-state index in [-0.39, 0.29) is 12.1 Å². The normalized spacial score (nSPS) is 19.6. The van der Waals surface area contributed by atoms with Crippen LogP contribution in [0.1, 0.15) is 23.5 Å². The van der Waals surface area contributed by atoms with Gasteiger partial charge in [0, 0.05) is 48.2 Å². The SMILES string of the molecule is COc1ccc(-n2cccc2[C@H]2[C@@H](c3ccccn3)NC(=S)N2c2ccc(N3CCOCC3)cc2)cc1. The third kappa shape index (κ3) is 4.54. The van der Waals surface area contributed by atoms with Crippen molar-refractivity contribution in [3.8, 4) is 11.4 Å². The molecule has 188 valence electrons. The first-order valence-corrected chi connectivity index (χ1v) is 12.9. The molecule has 2 aromatic heterocycles. The van der Waals surface area contributed by atoms with E-state index >= 15 is 0 Å². The summed E-state index contributed by atoms with van der Waals surface area (Å²) < 4.78 is 13.1. The average Bonchev–Trinajstić information content (AvgIpc) is 3.58. The number of hydrogen-bond donors (Lipinski definition) is 1. The molecule has 37 heavy (non-hydrogen) atoms. The molecule has 4 aromatic rings. The Kier molecular flexibility index (Phi) is 6.51. The number of aromatic nitrogens is 2. The van der Waals surface area contributed by atoms with Crippen molar-refractivity contribution < 1.29 is 9.47 Å². The van der Waals surface area contributed by atoms with Gasteiger partial charge in [0.05, 0.1) is 32.1 Å². The maximum Gasteiger partial charge on any atom is 0.174 e. The lowest BCUT2D eigenvalue weighted by Crippen LogP contribution is -2.36. The number of nitrogens with one attached hydrogen (secondary N) is 1. The molecule has 2 saturated heterocycles. The molecule has 2 aliphatic rings. The number of pyridine rings is 1. The van der Waals surface area contributed by atoms with Gasteiger partial charge >= 0.3 is 0 Å². The summed E-state index contributed by atoms with van der Waals surface area (Å²) in [5.41, 5.74) is 5.36. The van der Waals surface area contributed by atoms with Gasteiger partial charge in [-0.05, 0) is 85.0 Å². The van der Waals surface area contributed by atoms with Gasteiger partial charge in [0.2, 0.25) is 0 Å². The van der Waals surface area contributed by atoms with Gasteiger partial charge in [0.25, 0.3) is 0 Å². The minimum atomic E-state index is -0.112. The molecule has 7 nitrogen and oxygen atoms in total. The summed E-state index contributed by atoms with van der Waals surface area (Å²) in [6.45, 7) is 3.34. The van der Waals surface area contributed by atoms with Crippen molar-refractivity contribution in [2.24, 2.45) is 0 Å². The highest BCUT2D eigenvalue weighted by Crippen LogP contribution is 2.42. The summed E-state index contributed by atoms with van der Waals surface area (Å²) >= 11 is 5.94. The summed E-state index contributed by atoms with van der Waals surface area (Å²) in [6.07, 6.45) is 3.92. The van der Waals surface area contributed by atoms with Crippen LogP contribution in [0, 0.1) is 0 Å². The van der Waals surface area contributed by atoms with Crippen molar-refractivity contribution in [2.75, 3.05) is 43.2 Å². The third-order valence-electron chi connectivity index (χ3n) is 7.04. The molecule has 0 bridgehead atoms. The Morgan fingerprint density at radius 2 is 1.62 bits per heavy atom. The molecular formula is C29H29N5O2S. The van der Waals surface area contributed by atoms with Gasteiger partial charge in [0.15, 0.2) is 5.11 Å². The Balaban J connectivity index is 1.40. The van der Waals surface area contributed by atoms with Gasteiger partial charge in [-0.1, -0.05) is 6.07 Å². The molecule has 8 heteroatoms. The van der Waals surface area contributed by atoms with E-state index in [1.54, 1.807) is 7.11 Å². The number of ether oxygens (including phenoxy) is 2. The van der Waals surface area contributed by atoms with E-state index in [2.05, 4.69) is 80.5 Å². The van der Waals surface area contributed by atoms with Crippen LogP contribution in [-0.4, -0.2) is 48.1 Å². The second-order valence-corrected chi connectivity index (χ2v) is 9.50. The van der Waals surface area contributed by atoms with Crippen molar-refractivity contribution in [3.63, 3.8) is 0 Å². The van der Waals surface area contributed by atoms with Crippen LogP contribution in [0.3, 0.4) is 0 Å². The van der Waals surface area contributed by atoms with Gasteiger partial charge in [0.1, 0.15) is 11.8 Å². The zero-order chi connectivity index (χ0) is 25.2. The lowest BCUT2D eigenvalue weighted by Gasteiger charge is -2.31. The lowest BCUT2D eigenvalue weighted by molar-refractivity contribution is 0.122. The predicted molar refractivity (Wildman–Crippen MR) is 150 cm³/mol. The minimum Gasteiger partial charge on any atom is -0.497 e. The number of methoxy groups -OCH3 is 1.